The molecule has 2 heterocycles. The van der Waals surface area contributed by atoms with Crippen molar-refractivity contribution in [2.75, 3.05) is 6.61 Å². The Morgan fingerprint density at radius 3 is 2.83 bits per heavy atom. The lowest BCUT2D eigenvalue weighted by molar-refractivity contribution is -0.121. The molecular weight excluding hydrogens is 290 g/mol. The van der Waals surface area contributed by atoms with Gasteiger partial charge < -0.3 is 14.5 Å². The normalized spacial score (nSPS) is 10.7. The third-order valence-corrected chi connectivity index (χ3v) is 3.46. The van der Waals surface area contributed by atoms with Crippen molar-refractivity contribution in [3.63, 3.8) is 0 Å². The van der Waals surface area contributed by atoms with Gasteiger partial charge in [-0.15, -0.1) is 0 Å². The number of benzene rings is 1. The molecule has 0 radical (unpaired) electrons. The lowest BCUT2D eigenvalue weighted by Gasteiger charge is -2.06. The number of amides is 1. The number of nitrogens with one attached hydrogen (secondary N) is 1. The van der Waals surface area contributed by atoms with Crippen LogP contribution < -0.4 is 10.1 Å². The molecule has 0 unspecified atom stereocenters. The van der Waals surface area contributed by atoms with Gasteiger partial charge in [0, 0.05) is 12.4 Å². The molecule has 0 saturated carbocycles. The van der Waals surface area contributed by atoms with Crippen molar-refractivity contribution in [1.29, 1.82) is 0 Å². The molecule has 1 amide bonds. The molecule has 118 valence electrons. The van der Waals surface area contributed by atoms with Crippen molar-refractivity contribution >= 4 is 11.6 Å². The maximum atomic E-state index is 11.9. The summed E-state index contributed by atoms with van der Waals surface area (Å²) >= 11 is 0. The van der Waals surface area contributed by atoms with Gasteiger partial charge in [0.05, 0.1) is 25.3 Å². The van der Waals surface area contributed by atoms with E-state index in [-0.39, 0.29) is 5.91 Å². The smallest absolute Gasteiger partial charge is 0.223 e. The fraction of sp³-hybridized carbons (Fsp3) is 0.222. The quantitative estimate of drug-likeness (QED) is 0.762. The molecular formula is C18H19N3O2. The molecule has 5 nitrogen and oxygen atoms in total. The van der Waals surface area contributed by atoms with Crippen molar-refractivity contribution in [2.24, 2.45) is 0 Å². The highest BCUT2D eigenvalue weighted by Gasteiger charge is 2.05. The van der Waals surface area contributed by atoms with E-state index in [0.29, 0.717) is 19.6 Å². The fourth-order valence-corrected chi connectivity index (χ4v) is 2.30. The van der Waals surface area contributed by atoms with Crippen molar-refractivity contribution < 1.29 is 9.53 Å². The summed E-state index contributed by atoms with van der Waals surface area (Å²) in [5.74, 6) is 0.727. The van der Waals surface area contributed by atoms with Crippen LogP contribution in [0.5, 0.6) is 5.75 Å². The van der Waals surface area contributed by atoms with Crippen molar-refractivity contribution in [1.82, 2.24) is 14.7 Å². The van der Waals surface area contributed by atoms with E-state index in [2.05, 4.69) is 10.3 Å². The van der Waals surface area contributed by atoms with Crippen LogP contribution in [-0.4, -0.2) is 21.9 Å². The van der Waals surface area contributed by atoms with Crippen LogP contribution in [0.15, 0.2) is 54.9 Å². The van der Waals surface area contributed by atoms with Crippen LogP contribution in [0.2, 0.25) is 0 Å². The zero-order chi connectivity index (χ0) is 16.1. The number of pyridine rings is 1. The van der Waals surface area contributed by atoms with Gasteiger partial charge in [-0.05, 0) is 30.7 Å². The Kier molecular flexibility index (Phi) is 4.57. The van der Waals surface area contributed by atoms with Crippen LogP contribution in [0.25, 0.3) is 5.65 Å². The first-order chi connectivity index (χ1) is 11.2. The number of hydrogen-bond donors (Lipinski definition) is 1. The van der Waals surface area contributed by atoms with Gasteiger partial charge in [0.1, 0.15) is 11.4 Å². The lowest BCUT2D eigenvalue weighted by atomic mass is 10.3. The molecule has 3 aromatic rings. The van der Waals surface area contributed by atoms with E-state index < -0.39 is 0 Å². The van der Waals surface area contributed by atoms with Crippen LogP contribution in [0.3, 0.4) is 0 Å². The van der Waals surface area contributed by atoms with Crippen molar-refractivity contribution in [3.05, 3.63) is 66.1 Å². The summed E-state index contributed by atoms with van der Waals surface area (Å²) in [6.07, 6.45) is 4.27. The Balaban J connectivity index is 1.46. The summed E-state index contributed by atoms with van der Waals surface area (Å²) in [6, 6.07) is 13.5. The topological polar surface area (TPSA) is 55.6 Å². The zero-order valence-corrected chi connectivity index (χ0v) is 13.0. The van der Waals surface area contributed by atoms with Gasteiger partial charge in [0.15, 0.2) is 0 Å². The van der Waals surface area contributed by atoms with Crippen molar-refractivity contribution in [2.45, 2.75) is 19.9 Å². The first-order valence-corrected chi connectivity index (χ1v) is 7.59. The second-order valence-corrected chi connectivity index (χ2v) is 5.39. The van der Waals surface area contributed by atoms with Gasteiger partial charge in [-0.2, -0.15) is 0 Å². The summed E-state index contributed by atoms with van der Waals surface area (Å²) in [7, 11) is 0. The molecule has 0 atom stereocenters. The summed E-state index contributed by atoms with van der Waals surface area (Å²) in [6.45, 7) is 2.82. The molecule has 0 aliphatic rings. The molecule has 0 aliphatic heterocycles. The average Bonchev–Trinajstić information content (AvgIpc) is 2.96. The molecule has 0 bridgehead atoms. The van der Waals surface area contributed by atoms with Crippen LogP contribution >= 0.6 is 0 Å². The summed E-state index contributed by atoms with van der Waals surface area (Å²) in [5, 5.41) is 2.87. The highest BCUT2D eigenvalue weighted by atomic mass is 16.5. The van der Waals surface area contributed by atoms with Gasteiger partial charge in [-0.25, -0.2) is 4.98 Å². The standard InChI is InChI=1S/C18H19N3O2/c1-14-7-8-17-20-15(13-21(17)12-14)11-19-18(22)9-10-23-16-5-3-2-4-6-16/h2-8,12-13H,9-11H2,1H3,(H,19,22). The summed E-state index contributed by atoms with van der Waals surface area (Å²) < 4.78 is 7.48. The van der Waals surface area contributed by atoms with Gasteiger partial charge in [0.2, 0.25) is 5.91 Å². The number of ether oxygens (including phenoxy) is 1. The third kappa shape index (κ3) is 4.10. The number of hydrogen-bond acceptors (Lipinski definition) is 3. The molecule has 1 N–H and O–H groups in total. The maximum Gasteiger partial charge on any atom is 0.223 e. The van der Waals surface area contributed by atoms with E-state index in [1.807, 2.05) is 66.2 Å². The van der Waals surface area contributed by atoms with Crippen LogP contribution in [0.4, 0.5) is 0 Å². The molecule has 0 spiro atoms. The summed E-state index contributed by atoms with van der Waals surface area (Å²) in [5.41, 5.74) is 2.89. The van der Waals surface area contributed by atoms with Gasteiger partial charge >= 0.3 is 0 Å². The maximum absolute atomic E-state index is 11.9. The predicted molar refractivity (Wildman–Crippen MR) is 88.3 cm³/mol. The Hall–Kier alpha value is -2.82. The number of rotatable bonds is 6. The van der Waals surface area contributed by atoms with E-state index >= 15 is 0 Å². The molecule has 0 saturated heterocycles. The van der Waals surface area contributed by atoms with Gasteiger partial charge in [-0.1, -0.05) is 24.3 Å². The minimum Gasteiger partial charge on any atom is -0.493 e. The number of imidazole rings is 1. The lowest BCUT2D eigenvalue weighted by Crippen LogP contribution is -2.24. The zero-order valence-electron chi connectivity index (χ0n) is 13.0. The van der Waals surface area contributed by atoms with E-state index in [0.717, 1.165) is 17.1 Å². The molecule has 0 aliphatic carbocycles. The second-order valence-electron chi connectivity index (χ2n) is 5.39. The van der Waals surface area contributed by atoms with Crippen molar-refractivity contribution in [3.8, 4) is 5.75 Å². The van der Waals surface area contributed by atoms with E-state index in [9.17, 15) is 4.79 Å². The molecule has 1 aromatic carbocycles. The van der Waals surface area contributed by atoms with Crippen LogP contribution in [0, 0.1) is 6.92 Å². The molecule has 0 fully saturated rings. The summed E-state index contributed by atoms with van der Waals surface area (Å²) in [4.78, 5) is 16.3. The molecule has 5 heteroatoms. The largest absolute Gasteiger partial charge is 0.493 e. The Bertz CT molecular complexity index is 796. The van der Waals surface area contributed by atoms with Gasteiger partial charge in [0.25, 0.3) is 0 Å². The minimum atomic E-state index is -0.0471. The number of fused-ring (bicyclic) bond motifs is 1. The average molecular weight is 309 g/mol. The van der Waals surface area contributed by atoms with E-state index in [1.165, 1.54) is 5.56 Å². The Morgan fingerprint density at radius 1 is 1.17 bits per heavy atom. The number of carbonyl (C=O) groups excluding carboxylic acids is 1. The number of carbonyl (C=O) groups is 1. The first-order valence-electron chi connectivity index (χ1n) is 7.59. The number of aromatic nitrogens is 2. The first kappa shape index (κ1) is 15.1. The van der Waals surface area contributed by atoms with Gasteiger partial charge in [-0.3, -0.25) is 4.79 Å². The second kappa shape index (κ2) is 6.96. The highest BCUT2D eigenvalue weighted by molar-refractivity contribution is 5.75. The number of nitrogens with zero attached hydrogens (tertiary/aromatic N) is 2. The monoisotopic (exact) mass is 309 g/mol. The van der Waals surface area contributed by atoms with Crippen LogP contribution in [0.1, 0.15) is 17.7 Å². The van der Waals surface area contributed by atoms with E-state index in [1.54, 1.807) is 0 Å². The minimum absolute atomic E-state index is 0.0471. The third-order valence-electron chi connectivity index (χ3n) is 3.46. The SMILES string of the molecule is Cc1ccc2nc(CNC(=O)CCOc3ccccc3)cn2c1. The molecule has 23 heavy (non-hydrogen) atoms. The highest BCUT2D eigenvalue weighted by Crippen LogP contribution is 2.09. The Labute approximate surface area is 134 Å². The fourth-order valence-electron chi connectivity index (χ4n) is 2.30. The van der Waals surface area contributed by atoms with Crippen LogP contribution in [-0.2, 0) is 11.3 Å². The number of para-hydroxylation sites is 1. The molecule has 3 rings (SSSR count). The molecule has 2 aromatic heterocycles. The van der Waals surface area contributed by atoms with E-state index in [4.69, 9.17) is 4.74 Å². The number of aryl methyl sites for hydroxylation is 1. The Morgan fingerprint density at radius 2 is 2.00 bits per heavy atom. The predicted octanol–water partition coefficient (Wildman–Crippen LogP) is 2.73.